The van der Waals surface area contributed by atoms with Crippen LogP contribution in [-0.4, -0.2) is 40.1 Å². The third-order valence-electron chi connectivity index (χ3n) is 6.50. The Morgan fingerprint density at radius 1 is 1.05 bits per heavy atom. The lowest BCUT2D eigenvalue weighted by atomic mass is 10.1. The van der Waals surface area contributed by atoms with Gasteiger partial charge in [0.25, 0.3) is 11.8 Å². The molecule has 216 valence electrons. The molecule has 2 saturated heterocycles. The van der Waals surface area contributed by atoms with Gasteiger partial charge in [-0.15, -0.1) is 0 Å². The van der Waals surface area contributed by atoms with E-state index in [-0.39, 0.29) is 15.8 Å². The second kappa shape index (κ2) is 11.8. The van der Waals surface area contributed by atoms with Crippen LogP contribution in [0.4, 0.5) is 18.9 Å². The van der Waals surface area contributed by atoms with E-state index in [1.165, 1.54) is 13.2 Å². The smallest absolute Gasteiger partial charge is 0.418 e. The van der Waals surface area contributed by atoms with Crippen LogP contribution in [-0.2, 0) is 27.2 Å². The summed E-state index contributed by atoms with van der Waals surface area (Å²) in [5.41, 5.74) is -0.253. The first-order valence-electron chi connectivity index (χ1n) is 12.3. The molecule has 0 bridgehead atoms. The highest BCUT2D eigenvalue weighted by Gasteiger charge is 2.50. The molecule has 7 nitrogen and oxygen atoms in total. The highest BCUT2D eigenvalue weighted by molar-refractivity contribution is 8.26. The molecular formula is C29H20ClF3N2O5S2. The van der Waals surface area contributed by atoms with Gasteiger partial charge in [-0.2, -0.15) is 13.2 Å². The molecule has 2 aliphatic rings. The predicted octanol–water partition coefficient (Wildman–Crippen LogP) is 6.48. The molecular weight excluding hydrogens is 613 g/mol. The summed E-state index contributed by atoms with van der Waals surface area (Å²) < 4.78 is 52.1. The quantitative estimate of drug-likeness (QED) is 0.168. The number of para-hydroxylation sites is 1. The van der Waals surface area contributed by atoms with Crippen LogP contribution in [0.15, 0.2) is 71.6 Å². The molecule has 1 unspecified atom stereocenters. The van der Waals surface area contributed by atoms with E-state index in [1.807, 2.05) is 12.1 Å². The summed E-state index contributed by atoms with van der Waals surface area (Å²) in [6, 6.07) is 15.1. The van der Waals surface area contributed by atoms with E-state index in [9.17, 15) is 27.6 Å². The Balaban J connectivity index is 1.35. The highest BCUT2D eigenvalue weighted by Crippen LogP contribution is 2.41. The molecule has 5 rings (SSSR count). The summed E-state index contributed by atoms with van der Waals surface area (Å²) in [6.45, 7) is 0.268. The van der Waals surface area contributed by atoms with Crippen molar-refractivity contribution in [3.63, 3.8) is 0 Å². The largest absolute Gasteiger partial charge is 0.493 e. The zero-order valence-electron chi connectivity index (χ0n) is 21.7. The Morgan fingerprint density at radius 2 is 1.76 bits per heavy atom. The number of alkyl halides is 3. The fourth-order valence-corrected chi connectivity index (χ4v) is 6.00. The molecule has 3 aromatic carbocycles. The molecule has 0 spiro atoms. The SMILES string of the molecule is COc1cc(/C=C2\SC(=S)N(C3CC(=O)N(c4ccccc4C(F)(F)F)C3=O)C2=O)ccc1OCc1ccc(Cl)cc1. The molecule has 3 amide bonds. The predicted molar refractivity (Wildman–Crippen MR) is 156 cm³/mol. The molecule has 2 aliphatic heterocycles. The van der Waals surface area contributed by atoms with Crippen LogP contribution >= 0.6 is 35.6 Å². The molecule has 0 N–H and O–H groups in total. The zero-order valence-corrected chi connectivity index (χ0v) is 24.1. The number of thioether (sulfide) groups is 1. The summed E-state index contributed by atoms with van der Waals surface area (Å²) in [7, 11) is 1.47. The topological polar surface area (TPSA) is 76.2 Å². The monoisotopic (exact) mass is 632 g/mol. The van der Waals surface area contributed by atoms with Crippen molar-refractivity contribution in [3.8, 4) is 11.5 Å². The maximum absolute atomic E-state index is 13.6. The fourth-order valence-electron chi connectivity index (χ4n) is 4.51. The fraction of sp³-hybridized carbons (Fsp3) is 0.172. The van der Waals surface area contributed by atoms with Crippen LogP contribution in [0.25, 0.3) is 6.08 Å². The van der Waals surface area contributed by atoms with Gasteiger partial charge in [0.05, 0.1) is 29.7 Å². The molecule has 0 aliphatic carbocycles. The lowest BCUT2D eigenvalue weighted by Crippen LogP contribution is -2.44. The van der Waals surface area contributed by atoms with E-state index in [2.05, 4.69) is 0 Å². The molecule has 0 saturated carbocycles. The summed E-state index contributed by atoms with van der Waals surface area (Å²) in [4.78, 5) is 41.0. The number of hydrogen-bond acceptors (Lipinski definition) is 7. The van der Waals surface area contributed by atoms with Crippen molar-refractivity contribution in [1.82, 2.24) is 4.90 Å². The Hall–Kier alpha value is -3.87. The van der Waals surface area contributed by atoms with Gasteiger partial charge >= 0.3 is 6.18 Å². The first kappa shape index (κ1) is 29.6. The standard InChI is InChI=1S/C29H20ClF3N2O5S2/c1-39-23-12-17(8-11-22(23)40-15-16-6-9-18(30)10-7-16)13-24-27(38)35(28(41)42-24)21-14-25(36)34(26(21)37)20-5-3-2-4-19(20)29(31,32)33/h2-13,21H,14-15H2,1H3/b24-13-. The molecule has 1 atom stereocenters. The molecule has 42 heavy (non-hydrogen) atoms. The van der Waals surface area contributed by atoms with Crippen LogP contribution in [0.2, 0.25) is 5.02 Å². The number of thiocarbonyl (C=S) groups is 1. The number of ether oxygens (including phenoxy) is 2. The van der Waals surface area contributed by atoms with Gasteiger partial charge < -0.3 is 9.47 Å². The van der Waals surface area contributed by atoms with Gasteiger partial charge in [0.2, 0.25) is 5.91 Å². The van der Waals surface area contributed by atoms with Crippen molar-refractivity contribution < 1.29 is 37.0 Å². The van der Waals surface area contributed by atoms with E-state index in [1.54, 1.807) is 36.4 Å². The van der Waals surface area contributed by atoms with E-state index >= 15 is 0 Å². The Morgan fingerprint density at radius 3 is 2.45 bits per heavy atom. The average molecular weight is 633 g/mol. The number of anilines is 1. The van der Waals surface area contributed by atoms with Gasteiger partial charge in [-0.25, -0.2) is 4.90 Å². The second-order valence-electron chi connectivity index (χ2n) is 9.18. The third kappa shape index (κ3) is 5.87. The number of imide groups is 1. The summed E-state index contributed by atoms with van der Waals surface area (Å²) in [5, 5.41) is 0.610. The molecule has 3 aromatic rings. The van der Waals surface area contributed by atoms with Crippen molar-refractivity contribution in [2.24, 2.45) is 0 Å². The first-order valence-corrected chi connectivity index (χ1v) is 13.9. The summed E-state index contributed by atoms with van der Waals surface area (Å²) >= 11 is 12.2. The molecule has 0 radical (unpaired) electrons. The van der Waals surface area contributed by atoms with Crippen molar-refractivity contribution in [3.05, 3.63) is 93.3 Å². The highest BCUT2D eigenvalue weighted by atomic mass is 35.5. The average Bonchev–Trinajstić information content (AvgIpc) is 3.40. The minimum atomic E-state index is -4.79. The Bertz CT molecular complexity index is 1630. The van der Waals surface area contributed by atoms with Crippen LogP contribution in [0.5, 0.6) is 11.5 Å². The van der Waals surface area contributed by atoms with Gasteiger partial charge in [-0.3, -0.25) is 19.3 Å². The van der Waals surface area contributed by atoms with E-state index in [4.69, 9.17) is 33.3 Å². The molecule has 13 heteroatoms. The van der Waals surface area contributed by atoms with Crippen molar-refractivity contribution >= 4 is 69.4 Å². The summed E-state index contributed by atoms with van der Waals surface area (Å²) in [6.07, 6.45) is -3.75. The van der Waals surface area contributed by atoms with Crippen molar-refractivity contribution in [1.29, 1.82) is 0 Å². The van der Waals surface area contributed by atoms with Crippen LogP contribution in [0, 0.1) is 0 Å². The molecule has 0 aromatic heterocycles. The lowest BCUT2D eigenvalue weighted by molar-refractivity contribution is -0.137. The van der Waals surface area contributed by atoms with Crippen LogP contribution in [0.3, 0.4) is 0 Å². The minimum Gasteiger partial charge on any atom is -0.493 e. The molecule has 2 fully saturated rings. The number of halogens is 4. The van der Waals surface area contributed by atoms with Gasteiger partial charge in [-0.05, 0) is 53.6 Å². The number of amides is 3. The number of carbonyl (C=O) groups is 3. The van der Waals surface area contributed by atoms with Crippen LogP contribution < -0.4 is 14.4 Å². The van der Waals surface area contributed by atoms with Gasteiger partial charge in [0, 0.05) is 5.02 Å². The second-order valence-corrected chi connectivity index (χ2v) is 11.3. The summed E-state index contributed by atoms with van der Waals surface area (Å²) in [5.74, 6) is -1.59. The maximum atomic E-state index is 13.6. The molecule has 2 heterocycles. The van der Waals surface area contributed by atoms with E-state index < -0.39 is 47.6 Å². The Labute approximate surface area is 252 Å². The number of benzene rings is 3. The van der Waals surface area contributed by atoms with Crippen LogP contribution in [0.1, 0.15) is 23.1 Å². The normalized spacial score (nSPS) is 18.4. The van der Waals surface area contributed by atoms with Crippen molar-refractivity contribution in [2.45, 2.75) is 25.2 Å². The number of rotatable bonds is 7. The van der Waals surface area contributed by atoms with Gasteiger partial charge in [-0.1, -0.05) is 65.9 Å². The number of methoxy groups -OCH3 is 1. The minimum absolute atomic E-state index is 0.0123. The van der Waals surface area contributed by atoms with Gasteiger partial charge in [0.1, 0.15) is 17.0 Å². The third-order valence-corrected chi connectivity index (χ3v) is 8.08. The van der Waals surface area contributed by atoms with E-state index in [0.29, 0.717) is 27.0 Å². The number of nitrogens with zero attached hydrogens (tertiary/aromatic N) is 2. The van der Waals surface area contributed by atoms with E-state index in [0.717, 1.165) is 40.4 Å². The lowest BCUT2D eigenvalue weighted by Gasteiger charge is -2.23. The van der Waals surface area contributed by atoms with Crippen molar-refractivity contribution in [2.75, 3.05) is 12.0 Å². The maximum Gasteiger partial charge on any atom is 0.418 e. The Kier molecular flexibility index (Phi) is 8.31. The van der Waals surface area contributed by atoms with Gasteiger partial charge in [0.15, 0.2) is 11.5 Å². The first-order chi connectivity index (χ1) is 20.0. The number of carbonyl (C=O) groups excluding carboxylic acids is 3. The zero-order chi connectivity index (χ0) is 30.2. The number of hydrogen-bond donors (Lipinski definition) is 0.